The van der Waals surface area contributed by atoms with Crippen LogP contribution >= 0.6 is 35.7 Å². The van der Waals surface area contributed by atoms with E-state index in [2.05, 4.69) is 26.8 Å². The molecule has 1 saturated heterocycles. The molecule has 0 aromatic carbocycles. The van der Waals surface area contributed by atoms with Crippen molar-refractivity contribution in [3.05, 3.63) is 0 Å². The lowest BCUT2D eigenvalue weighted by atomic mass is 10.2. The van der Waals surface area contributed by atoms with Crippen molar-refractivity contribution in [2.75, 3.05) is 38.7 Å². The van der Waals surface area contributed by atoms with Gasteiger partial charge in [-0.3, -0.25) is 9.89 Å². The van der Waals surface area contributed by atoms with E-state index in [9.17, 15) is 0 Å². The molecule has 4 nitrogen and oxygen atoms in total. The molecule has 21 heavy (non-hydrogen) atoms. The highest BCUT2D eigenvalue weighted by molar-refractivity contribution is 14.0. The van der Waals surface area contributed by atoms with Crippen LogP contribution in [0.1, 0.15) is 38.5 Å². The fraction of sp³-hybridized carbons (Fsp3) is 0.933. The highest BCUT2D eigenvalue weighted by atomic mass is 127. The Morgan fingerprint density at radius 2 is 2.05 bits per heavy atom. The predicted molar refractivity (Wildman–Crippen MR) is 105 cm³/mol. The Kier molecular flexibility index (Phi) is 10.1. The van der Waals surface area contributed by atoms with Gasteiger partial charge in [-0.15, -0.1) is 24.0 Å². The largest absolute Gasteiger partial charge is 0.356 e. The van der Waals surface area contributed by atoms with Gasteiger partial charge in [0.05, 0.1) is 0 Å². The monoisotopic (exact) mass is 426 g/mol. The third-order valence-corrected chi connectivity index (χ3v) is 5.14. The van der Waals surface area contributed by atoms with Crippen LogP contribution in [0.5, 0.6) is 0 Å². The third kappa shape index (κ3) is 6.52. The number of halogens is 1. The molecule has 1 unspecified atom stereocenters. The lowest BCUT2D eigenvalue weighted by molar-refractivity contribution is 0.242. The Balaban J connectivity index is 0.00000220. The molecule has 1 aliphatic carbocycles. The molecule has 0 spiro atoms. The van der Waals surface area contributed by atoms with Gasteiger partial charge in [0, 0.05) is 38.8 Å². The number of hydrogen-bond donors (Lipinski definition) is 2. The minimum atomic E-state index is 0. The van der Waals surface area contributed by atoms with E-state index >= 15 is 0 Å². The summed E-state index contributed by atoms with van der Waals surface area (Å²) in [6, 6.07) is 1.43. The van der Waals surface area contributed by atoms with E-state index in [1.165, 1.54) is 57.4 Å². The Hall–Kier alpha value is 0.310. The molecule has 0 aromatic heterocycles. The number of hydrogen-bond acceptors (Lipinski definition) is 3. The lowest BCUT2D eigenvalue weighted by Crippen LogP contribution is -2.45. The van der Waals surface area contributed by atoms with Crippen molar-refractivity contribution in [2.45, 2.75) is 50.6 Å². The molecule has 1 atom stereocenters. The molecule has 2 aliphatic rings. The minimum absolute atomic E-state index is 0. The molecule has 0 aromatic rings. The Bertz CT molecular complexity index is 308. The highest BCUT2D eigenvalue weighted by Gasteiger charge is 2.30. The number of rotatable bonds is 6. The molecular weight excluding hydrogens is 395 g/mol. The molecule has 2 fully saturated rings. The second kappa shape index (κ2) is 10.9. The summed E-state index contributed by atoms with van der Waals surface area (Å²) in [6.07, 6.45) is 10.3. The Morgan fingerprint density at radius 1 is 1.29 bits per heavy atom. The maximum atomic E-state index is 4.34. The molecule has 1 heterocycles. The third-order valence-electron chi connectivity index (χ3n) is 4.44. The fourth-order valence-electron chi connectivity index (χ4n) is 3.32. The molecule has 2 N–H and O–H groups in total. The molecule has 0 bridgehead atoms. The van der Waals surface area contributed by atoms with Gasteiger partial charge in [0.1, 0.15) is 0 Å². The second-order valence-electron chi connectivity index (χ2n) is 5.91. The summed E-state index contributed by atoms with van der Waals surface area (Å²) in [5.74, 6) is 2.19. The summed E-state index contributed by atoms with van der Waals surface area (Å²) in [6.45, 7) is 3.46. The highest BCUT2D eigenvalue weighted by Crippen LogP contribution is 2.26. The summed E-state index contributed by atoms with van der Waals surface area (Å²) >= 11 is 1.90. The first-order chi connectivity index (χ1) is 9.83. The summed E-state index contributed by atoms with van der Waals surface area (Å²) in [5, 5.41) is 7.01. The summed E-state index contributed by atoms with van der Waals surface area (Å²) in [4.78, 5) is 7.03. The van der Waals surface area contributed by atoms with Crippen LogP contribution in [0.15, 0.2) is 4.99 Å². The molecule has 2 rings (SSSR count). The molecule has 1 aliphatic heterocycles. The van der Waals surface area contributed by atoms with E-state index in [1.807, 2.05) is 18.8 Å². The van der Waals surface area contributed by atoms with Crippen molar-refractivity contribution in [3.63, 3.8) is 0 Å². The van der Waals surface area contributed by atoms with E-state index in [0.717, 1.165) is 18.5 Å². The SMILES string of the molecule is CN=C(NCCCSC)NC1CCN(C2CCCC2)C1.I. The van der Waals surface area contributed by atoms with Gasteiger partial charge in [-0.2, -0.15) is 11.8 Å². The quantitative estimate of drug-likeness (QED) is 0.297. The van der Waals surface area contributed by atoms with E-state index in [0.29, 0.717) is 6.04 Å². The van der Waals surface area contributed by atoms with Crippen molar-refractivity contribution < 1.29 is 0 Å². The summed E-state index contributed by atoms with van der Waals surface area (Å²) in [5.41, 5.74) is 0. The summed E-state index contributed by atoms with van der Waals surface area (Å²) in [7, 11) is 1.87. The Morgan fingerprint density at radius 3 is 2.71 bits per heavy atom. The van der Waals surface area contributed by atoms with Crippen molar-refractivity contribution in [1.82, 2.24) is 15.5 Å². The fourth-order valence-corrected chi connectivity index (χ4v) is 3.75. The first kappa shape index (κ1) is 19.4. The van der Waals surface area contributed by atoms with Crippen molar-refractivity contribution in [3.8, 4) is 0 Å². The minimum Gasteiger partial charge on any atom is -0.356 e. The number of likely N-dealkylation sites (tertiary alicyclic amines) is 1. The smallest absolute Gasteiger partial charge is 0.191 e. The van der Waals surface area contributed by atoms with Gasteiger partial charge in [-0.25, -0.2) is 0 Å². The van der Waals surface area contributed by atoms with Gasteiger partial charge >= 0.3 is 0 Å². The predicted octanol–water partition coefficient (Wildman–Crippen LogP) is 2.54. The van der Waals surface area contributed by atoms with Crippen molar-refractivity contribution in [1.29, 1.82) is 0 Å². The van der Waals surface area contributed by atoms with Crippen LogP contribution in [0.3, 0.4) is 0 Å². The van der Waals surface area contributed by atoms with Gasteiger partial charge in [-0.1, -0.05) is 12.8 Å². The van der Waals surface area contributed by atoms with E-state index in [-0.39, 0.29) is 24.0 Å². The van der Waals surface area contributed by atoms with Crippen LogP contribution in [0.25, 0.3) is 0 Å². The number of guanidine groups is 1. The van der Waals surface area contributed by atoms with Crippen LogP contribution < -0.4 is 10.6 Å². The molecule has 6 heteroatoms. The zero-order valence-corrected chi connectivity index (χ0v) is 16.6. The molecule has 0 amide bonds. The first-order valence-electron chi connectivity index (χ1n) is 8.03. The van der Waals surface area contributed by atoms with Gasteiger partial charge < -0.3 is 10.6 Å². The topological polar surface area (TPSA) is 39.7 Å². The van der Waals surface area contributed by atoms with Crippen molar-refractivity contribution in [2.24, 2.45) is 4.99 Å². The second-order valence-corrected chi connectivity index (χ2v) is 6.89. The molecule has 0 radical (unpaired) electrons. The van der Waals surface area contributed by atoms with E-state index < -0.39 is 0 Å². The van der Waals surface area contributed by atoms with Crippen molar-refractivity contribution >= 4 is 41.7 Å². The zero-order valence-electron chi connectivity index (χ0n) is 13.4. The van der Waals surface area contributed by atoms with Crippen LogP contribution in [0, 0.1) is 0 Å². The molecular formula is C15H31IN4S. The average molecular weight is 426 g/mol. The maximum absolute atomic E-state index is 4.34. The maximum Gasteiger partial charge on any atom is 0.191 e. The molecule has 1 saturated carbocycles. The Labute approximate surface area is 151 Å². The van der Waals surface area contributed by atoms with Gasteiger partial charge in [0.15, 0.2) is 5.96 Å². The van der Waals surface area contributed by atoms with E-state index in [4.69, 9.17) is 0 Å². The lowest BCUT2D eigenvalue weighted by Gasteiger charge is -2.24. The average Bonchev–Trinajstić information content (AvgIpc) is 3.12. The van der Waals surface area contributed by atoms with Gasteiger partial charge in [-0.05, 0) is 37.7 Å². The first-order valence-corrected chi connectivity index (χ1v) is 9.43. The van der Waals surface area contributed by atoms with Gasteiger partial charge in [0.25, 0.3) is 0 Å². The van der Waals surface area contributed by atoms with Crippen LogP contribution in [-0.2, 0) is 0 Å². The number of thioether (sulfide) groups is 1. The summed E-state index contributed by atoms with van der Waals surface area (Å²) < 4.78 is 0. The normalized spacial score (nSPS) is 24.1. The van der Waals surface area contributed by atoms with Crippen LogP contribution in [0.4, 0.5) is 0 Å². The number of aliphatic imine (C=N–C) groups is 1. The van der Waals surface area contributed by atoms with Crippen LogP contribution in [0.2, 0.25) is 0 Å². The number of nitrogens with zero attached hydrogens (tertiary/aromatic N) is 2. The standard InChI is InChI=1S/C15H30N4S.HI/c1-16-15(17-9-5-11-20-2)18-13-8-10-19(12-13)14-6-3-4-7-14;/h13-14H,3-12H2,1-2H3,(H2,16,17,18);1H. The molecule has 124 valence electrons. The zero-order chi connectivity index (χ0) is 14.2. The van der Waals surface area contributed by atoms with E-state index in [1.54, 1.807) is 0 Å². The van der Waals surface area contributed by atoms with Crippen LogP contribution in [-0.4, -0.2) is 61.6 Å². The number of nitrogens with one attached hydrogen (secondary N) is 2. The van der Waals surface area contributed by atoms with Gasteiger partial charge in [0.2, 0.25) is 0 Å².